The van der Waals surface area contributed by atoms with Gasteiger partial charge in [0.05, 0.1) is 12.7 Å². The first-order valence-electron chi connectivity index (χ1n) is 11.6. The van der Waals surface area contributed by atoms with Gasteiger partial charge >= 0.3 is 0 Å². The van der Waals surface area contributed by atoms with Gasteiger partial charge in [0.1, 0.15) is 0 Å². The zero-order valence-corrected chi connectivity index (χ0v) is 18.0. The third-order valence-electron chi connectivity index (χ3n) is 9.63. The average molecular weight is 376 g/mol. The molecule has 2 N–H and O–H groups in total. The van der Waals surface area contributed by atoms with E-state index >= 15 is 0 Å². The highest BCUT2D eigenvalue weighted by atomic mass is 16.3. The second kappa shape index (κ2) is 7.13. The quantitative estimate of drug-likeness (QED) is 0.693. The Kier molecular flexibility index (Phi) is 5.25. The van der Waals surface area contributed by atoms with E-state index in [1.54, 1.807) is 0 Å². The maximum atomic E-state index is 10.2. The Labute approximate surface area is 166 Å². The van der Waals surface area contributed by atoms with Crippen LogP contribution in [0.5, 0.6) is 0 Å². The van der Waals surface area contributed by atoms with Crippen molar-refractivity contribution in [2.45, 2.75) is 97.6 Å². The van der Waals surface area contributed by atoms with Crippen LogP contribution in [0, 0.1) is 40.4 Å². The van der Waals surface area contributed by atoms with Gasteiger partial charge in [0, 0.05) is 17.7 Å². The molecule has 4 saturated carbocycles. The van der Waals surface area contributed by atoms with Gasteiger partial charge in [-0.2, -0.15) is 0 Å². The van der Waals surface area contributed by atoms with Crippen molar-refractivity contribution in [1.82, 2.24) is 0 Å². The molecule has 4 fully saturated rings. The topological polar surface area (TPSA) is 52.8 Å². The molecule has 3 nitrogen and oxygen atoms in total. The van der Waals surface area contributed by atoms with Crippen molar-refractivity contribution in [2.75, 3.05) is 6.61 Å². The molecule has 0 radical (unpaired) electrons. The van der Waals surface area contributed by atoms with Crippen molar-refractivity contribution in [3.63, 3.8) is 0 Å². The van der Waals surface area contributed by atoms with Crippen molar-refractivity contribution < 1.29 is 10.2 Å². The van der Waals surface area contributed by atoms with Crippen molar-refractivity contribution in [3.05, 3.63) is 0 Å². The summed E-state index contributed by atoms with van der Waals surface area (Å²) in [7, 11) is 0. The molecular formula is C24H41NO2. The summed E-state index contributed by atoms with van der Waals surface area (Å²) in [5.41, 5.74) is 1.86. The van der Waals surface area contributed by atoms with Gasteiger partial charge in [-0.15, -0.1) is 0 Å². The molecular weight excluding hydrogens is 334 g/mol. The molecule has 0 bridgehead atoms. The predicted octanol–water partition coefficient (Wildman–Crippen LogP) is 4.85. The highest BCUT2D eigenvalue weighted by Gasteiger charge is 2.60. The van der Waals surface area contributed by atoms with Crippen LogP contribution in [0.25, 0.3) is 0 Å². The Morgan fingerprint density at radius 3 is 2.37 bits per heavy atom. The first-order chi connectivity index (χ1) is 12.8. The molecule has 0 unspecified atom stereocenters. The number of aliphatic hydroxyl groups excluding tert-OH is 2. The lowest BCUT2D eigenvalue weighted by Crippen LogP contribution is -2.54. The number of hydrogen-bond donors (Lipinski definition) is 2. The summed E-state index contributed by atoms with van der Waals surface area (Å²) in [6, 6.07) is 0.272. The summed E-state index contributed by atoms with van der Waals surface area (Å²) in [5, 5.41) is 20.2. The zero-order chi connectivity index (χ0) is 19.4. The van der Waals surface area contributed by atoms with Gasteiger partial charge in [-0.25, -0.2) is 0 Å². The number of rotatable bonds is 3. The van der Waals surface area contributed by atoms with Crippen LogP contribution < -0.4 is 0 Å². The Morgan fingerprint density at radius 2 is 1.67 bits per heavy atom. The second-order valence-electron chi connectivity index (χ2n) is 11.1. The highest BCUT2D eigenvalue weighted by molar-refractivity contribution is 5.89. The third-order valence-corrected chi connectivity index (χ3v) is 9.63. The molecule has 4 rings (SSSR count). The molecule has 0 spiro atoms. The van der Waals surface area contributed by atoms with Crippen LogP contribution in [-0.2, 0) is 0 Å². The standard InChI is InChI=1S/C24H41NO2/c1-15(2)25-22(14-26)21-8-7-19-18-6-5-16-13-17(27)9-11-23(16,3)20(18)10-12-24(19,21)4/h15-21,26-27H,5-14H2,1-4H3/b25-22+/t16-,17+,18-,19-,20-,21+,23-,24-/m0/s1. The molecule has 0 aromatic carbocycles. The fraction of sp³-hybridized carbons (Fsp3) is 0.958. The summed E-state index contributed by atoms with van der Waals surface area (Å²) in [4.78, 5) is 4.84. The second-order valence-corrected chi connectivity index (χ2v) is 11.1. The molecule has 0 heterocycles. The molecule has 0 amide bonds. The van der Waals surface area contributed by atoms with Crippen LogP contribution in [0.1, 0.15) is 85.5 Å². The van der Waals surface area contributed by atoms with Crippen LogP contribution >= 0.6 is 0 Å². The molecule has 27 heavy (non-hydrogen) atoms. The van der Waals surface area contributed by atoms with Crippen molar-refractivity contribution in [1.29, 1.82) is 0 Å². The van der Waals surface area contributed by atoms with E-state index in [1.165, 1.54) is 44.9 Å². The molecule has 0 saturated heterocycles. The smallest absolute Gasteiger partial charge is 0.0812 e. The van der Waals surface area contributed by atoms with Crippen molar-refractivity contribution >= 4 is 5.71 Å². The van der Waals surface area contributed by atoms with Crippen LogP contribution in [0.15, 0.2) is 4.99 Å². The van der Waals surface area contributed by atoms with E-state index in [0.29, 0.717) is 16.7 Å². The van der Waals surface area contributed by atoms with E-state index in [-0.39, 0.29) is 18.8 Å². The first-order valence-corrected chi connectivity index (χ1v) is 11.6. The lowest BCUT2D eigenvalue weighted by atomic mass is 9.44. The van der Waals surface area contributed by atoms with Crippen molar-refractivity contribution in [3.8, 4) is 0 Å². The fourth-order valence-electron chi connectivity index (χ4n) is 8.36. The monoisotopic (exact) mass is 375 g/mol. The molecule has 4 aliphatic carbocycles. The minimum Gasteiger partial charge on any atom is -0.393 e. The summed E-state index contributed by atoms with van der Waals surface area (Å²) in [5.74, 6) is 3.72. The van der Waals surface area contributed by atoms with E-state index < -0.39 is 0 Å². The van der Waals surface area contributed by atoms with Gasteiger partial charge in [-0.3, -0.25) is 4.99 Å². The van der Waals surface area contributed by atoms with Gasteiger partial charge in [0.2, 0.25) is 0 Å². The first kappa shape index (κ1) is 19.9. The van der Waals surface area contributed by atoms with E-state index in [0.717, 1.165) is 42.2 Å². The summed E-state index contributed by atoms with van der Waals surface area (Å²) < 4.78 is 0. The van der Waals surface area contributed by atoms with Gasteiger partial charge in [0.15, 0.2) is 0 Å². The van der Waals surface area contributed by atoms with Crippen molar-refractivity contribution in [2.24, 2.45) is 45.4 Å². The number of aliphatic hydroxyl groups is 2. The zero-order valence-electron chi connectivity index (χ0n) is 18.0. The van der Waals surface area contributed by atoms with E-state index in [4.69, 9.17) is 4.99 Å². The Bertz CT molecular complexity index is 587. The van der Waals surface area contributed by atoms with Gasteiger partial charge < -0.3 is 10.2 Å². The predicted molar refractivity (Wildman–Crippen MR) is 111 cm³/mol. The maximum Gasteiger partial charge on any atom is 0.0812 e. The molecule has 3 heteroatoms. The molecule has 154 valence electrons. The third kappa shape index (κ3) is 3.12. The average Bonchev–Trinajstić information content (AvgIpc) is 2.97. The van der Waals surface area contributed by atoms with Crippen LogP contribution in [0.3, 0.4) is 0 Å². The molecule has 8 atom stereocenters. The molecule has 0 aromatic rings. The van der Waals surface area contributed by atoms with Gasteiger partial charge in [-0.05, 0) is 106 Å². The van der Waals surface area contributed by atoms with E-state index in [1.807, 2.05) is 0 Å². The Balaban J connectivity index is 1.59. The SMILES string of the molecule is CC(C)/N=C(\CO)[C@H]1CC[C@H]2[C@@H]3CC[C@H]4C[C@H](O)CC[C@]4(C)[C@H]3CC[C@]12C. The largest absolute Gasteiger partial charge is 0.393 e. The highest BCUT2D eigenvalue weighted by Crippen LogP contribution is 2.67. The maximum absolute atomic E-state index is 10.2. The van der Waals surface area contributed by atoms with E-state index in [2.05, 4.69) is 27.7 Å². The fourth-order valence-corrected chi connectivity index (χ4v) is 8.36. The van der Waals surface area contributed by atoms with Crippen LogP contribution in [-0.4, -0.2) is 34.7 Å². The van der Waals surface area contributed by atoms with E-state index in [9.17, 15) is 10.2 Å². The minimum atomic E-state index is -0.0521. The minimum absolute atomic E-state index is 0.0521. The summed E-state index contributed by atoms with van der Waals surface area (Å²) in [6.45, 7) is 9.48. The lowest BCUT2D eigenvalue weighted by molar-refractivity contribution is -0.123. The summed E-state index contributed by atoms with van der Waals surface area (Å²) in [6.07, 6.45) is 11.1. The molecule has 4 aliphatic rings. The number of fused-ring (bicyclic) bond motifs is 5. The Hall–Kier alpha value is -0.410. The number of nitrogens with zero attached hydrogens (tertiary/aromatic N) is 1. The number of hydrogen-bond acceptors (Lipinski definition) is 3. The van der Waals surface area contributed by atoms with Crippen LogP contribution in [0.2, 0.25) is 0 Å². The number of aliphatic imine (C=N–C) groups is 1. The molecule has 0 aromatic heterocycles. The summed E-state index contributed by atoms with van der Waals surface area (Å²) >= 11 is 0. The van der Waals surface area contributed by atoms with Gasteiger partial charge in [0.25, 0.3) is 0 Å². The normalized spacial score (nSPS) is 50.3. The lowest BCUT2D eigenvalue weighted by Gasteiger charge is -2.61. The molecule has 0 aliphatic heterocycles. The Morgan fingerprint density at radius 1 is 0.963 bits per heavy atom. The van der Waals surface area contributed by atoms with Gasteiger partial charge in [-0.1, -0.05) is 13.8 Å². The van der Waals surface area contributed by atoms with Crippen LogP contribution in [0.4, 0.5) is 0 Å².